The summed E-state index contributed by atoms with van der Waals surface area (Å²) in [6.45, 7) is 3.48. The molecular formula is C20H16F3N3O3S. The molecule has 1 unspecified atom stereocenters. The number of rotatable bonds is 2. The largest absolute Gasteiger partial charge is 0.457 e. The Bertz CT molecular complexity index is 1120. The maximum atomic E-state index is 13.4. The van der Waals surface area contributed by atoms with E-state index in [1.807, 2.05) is 0 Å². The van der Waals surface area contributed by atoms with Crippen LogP contribution in [0.25, 0.3) is 0 Å². The van der Waals surface area contributed by atoms with E-state index in [1.165, 1.54) is 6.07 Å². The van der Waals surface area contributed by atoms with Gasteiger partial charge in [-0.3, -0.25) is 9.80 Å². The molecule has 0 spiro atoms. The second kappa shape index (κ2) is 6.75. The average Bonchev–Trinajstić information content (AvgIpc) is 3.17. The molecule has 0 saturated carbocycles. The molecule has 0 aromatic heterocycles. The lowest BCUT2D eigenvalue weighted by molar-refractivity contribution is -0.138. The Morgan fingerprint density at radius 2 is 1.93 bits per heavy atom. The zero-order chi connectivity index (χ0) is 21.8. The number of nitriles is 1. The summed E-state index contributed by atoms with van der Waals surface area (Å²) in [6, 6.07) is 9.85. The van der Waals surface area contributed by atoms with Gasteiger partial charge in [-0.2, -0.15) is 23.3 Å². The molecule has 4 rings (SSSR count). The van der Waals surface area contributed by atoms with Crippen LogP contribution < -0.4 is 9.84 Å². The van der Waals surface area contributed by atoms with Crippen LogP contribution in [0.5, 0.6) is 0 Å². The molecule has 2 aliphatic rings. The van der Waals surface area contributed by atoms with Crippen molar-refractivity contribution in [2.75, 3.05) is 5.01 Å². The Labute approximate surface area is 172 Å². The van der Waals surface area contributed by atoms with Gasteiger partial charge in [0.1, 0.15) is 12.1 Å². The third kappa shape index (κ3) is 3.11. The third-order valence-electron chi connectivity index (χ3n) is 5.10. The fourth-order valence-electron chi connectivity index (χ4n) is 3.46. The second-order valence-electron chi connectivity index (χ2n) is 7.39. The van der Waals surface area contributed by atoms with E-state index < -0.39 is 39.9 Å². The summed E-state index contributed by atoms with van der Waals surface area (Å²) in [5.74, 6) is -0.416. The monoisotopic (exact) mass is 435 g/mol. The number of alkyl halides is 3. The van der Waals surface area contributed by atoms with E-state index in [2.05, 4.69) is 4.83 Å². The van der Waals surface area contributed by atoms with Crippen molar-refractivity contribution in [1.82, 2.24) is 4.83 Å². The van der Waals surface area contributed by atoms with Crippen molar-refractivity contribution >= 4 is 27.9 Å². The maximum absolute atomic E-state index is 13.4. The number of hydrazine groups is 1. The van der Waals surface area contributed by atoms with Crippen LogP contribution in [0.4, 0.5) is 18.9 Å². The number of cyclic esters (lactones) is 1. The van der Waals surface area contributed by atoms with Gasteiger partial charge in [0.05, 0.1) is 28.4 Å². The number of anilines is 1. The van der Waals surface area contributed by atoms with E-state index >= 15 is 0 Å². The van der Waals surface area contributed by atoms with E-state index in [0.717, 1.165) is 12.1 Å². The van der Waals surface area contributed by atoms with E-state index in [-0.39, 0.29) is 16.6 Å². The van der Waals surface area contributed by atoms with Crippen LogP contribution in [-0.4, -0.2) is 16.6 Å². The van der Waals surface area contributed by atoms with Crippen LogP contribution in [0.3, 0.4) is 0 Å². The van der Waals surface area contributed by atoms with Crippen LogP contribution in [0.2, 0.25) is 0 Å². The lowest BCUT2D eigenvalue weighted by Crippen LogP contribution is -2.46. The predicted molar refractivity (Wildman–Crippen MR) is 104 cm³/mol. The first-order valence-corrected chi connectivity index (χ1v) is 10.2. The van der Waals surface area contributed by atoms with Crippen LogP contribution in [0, 0.1) is 11.3 Å². The number of hydrogen-bond donors (Lipinski definition) is 2. The highest BCUT2D eigenvalue weighted by Gasteiger charge is 2.47. The van der Waals surface area contributed by atoms with Gasteiger partial charge in [-0.15, -0.1) is 0 Å². The molecule has 0 aliphatic carbocycles. The number of benzene rings is 2. The second-order valence-corrected chi connectivity index (χ2v) is 9.19. The molecule has 0 bridgehead atoms. The Balaban J connectivity index is 1.72. The number of nitrogens with zero attached hydrogens (tertiary/aromatic N) is 2. The first-order chi connectivity index (χ1) is 14.0. The Kier molecular flexibility index (Phi) is 4.56. The van der Waals surface area contributed by atoms with Gasteiger partial charge >= 0.3 is 12.1 Å². The van der Waals surface area contributed by atoms with Crippen molar-refractivity contribution < 1.29 is 27.5 Å². The highest BCUT2D eigenvalue weighted by molar-refractivity contribution is 8.28. The molecule has 0 amide bonds. The summed E-state index contributed by atoms with van der Waals surface area (Å²) in [4.78, 5) is 28.0. The molecule has 156 valence electrons. The summed E-state index contributed by atoms with van der Waals surface area (Å²) in [5.41, 5.74) is -0.880. The normalized spacial score (nSPS) is 21.3. The Morgan fingerprint density at radius 3 is 2.60 bits per heavy atom. The molecule has 2 aliphatic heterocycles. The van der Waals surface area contributed by atoms with Crippen molar-refractivity contribution in [2.45, 2.75) is 37.1 Å². The van der Waals surface area contributed by atoms with Crippen molar-refractivity contribution in [1.29, 1.82) is 5.26 Å². The number of thiol groups is 1. The summed E-state index contributed by atoms with van der Waals surface area (Å²) < 4.78 is 45.1. The van der Waals surface area contributed by atoms with Gasteiger partial charge in [0.2, 0.25) is 5.12 Å². The molecule has 1 N–H and O–H groups in total. The first-order valence-electron chi connectivity index (χ1n) is 8.86. The maximum Gasteiger partial charge on any atom is 0.417 e. The Hall–Kier alpha value is -3.03. The molecule has 1 saturated heterocycles. The zero-order valence-corrected chi connectivity index (χ0v) is 16.8. The van der Waals surface area contributed by atoms with Crippen molar-refractivity contribution in [3.8, 4) is 6.07 Å². The van der Waals surface area contributed by atoms with E-state index in [0.29, 0.717) is 16.8 Å². The highest BCUT2D eigenvalue weighted by Crippen LogP contribution is 2.48. The fourth-order valence-corrected chi connectivity index (χ4v) is 5.59. The highest BCUT2D eigenvalue weighted by atomic mass is 32.2. The van der Waals surface area contributed by atoms with Crippen molar-refractivity contribution in [3.63, 3.8) is 0 Å². The summed E-state index contributed by atoms with van der Waals surface area (Å²) >= 11 is -1.82. The SMILES string of the molecule is CC1(C)C(=O)[SH](c2ccc(C#N)c(C(F)(F)F)c2)NN1c1ccc2c(c1)COC2=O. The molecule has 2 aromatic carbocycles. The minimum Gasteiger partial charge on any atom is -0.457 e. The molecule has 6 nitrogen and oxygen atoms in total. The van der Waals surface area contributed by atoms with Gasteiger partial charge in [-0.1, -0.05) is 11.1 Å². The van der Waals surface area contributed by atoms with Gasteiger partial charge in [0.25, 0.3) is 0 Å². The molecule has 2 heterocycles. The number of hydrogen-bond acceptors (Lipinski definition) is 6. The zero-order valence-electron chi connectivity index (χ0n) is 15.9. The molecule has 1 fully saturated rings. The number of carbonyl (C=O) groups excluding carboxylic acids is 2. The summed E-state index contributed by atoms with van der Waals surface area (Å²) in [5, 5.41) is 10.3. The summed E-state index contributed by atoms with van der Waals surface area (Å²) in [6.07, 6.45) is -4.71. The van der Waals surface area contributed by atoms with E-state index in [9.17, 15) is 22.8 Å². The minimum atomic E-state index is -4.71. The van der Waals surface area contributed by atoms with Crippen molar-refractivity contribution in [2.24, 2.45) is 0 Å². The fraction of sp³-hybridized carbons (Fsp3) is 0.250. The molecule has 2 aromatic rings. The van der Waals surface area contributed by atoms with Crippen LogP contribution >= 0.6 is 11.1 Å². The quantitative estimate of drug-likeness (QED) is 0.551. The number of carbonyl (C=O) groups is 2. The smallest absolute Gasteiger partial charge is 0.417 e. The van der Waals surface area contributed by atoms with E-state index in [1.54, 1.807) is 43.1 Å². The number of nitrogens with one attached hydrogen (secondary N) is 1. The van der Waals surface area contributed by atoms with Gasteiger partial charge in [0, 0.05) is 10.5 Å². The average molecular weight is 435 g/mol. The lowest BCUT2D eigenvalue weighted by atomic mass is 10.0. The Morgan fingerprint density at radius 1 is 1.20 bits per heavy atom. The number of ether oxygens (including phenoxy) is 1. The predicted octanol–water partition coefficient (Wildman–Crippen LogP) is 3.85. The van der Waals surface area contributed by atoms with Gasteiger partial charge in [-0.05, 0) is 50.2 Å². The number of fused-ring (bicyclic) bond motifs is 1. The molecule has 30 heavy (non-hydrogen) atoms. The molecule has 10 heteroatoms. The molecular weight excluding hydrogens is 419 g/mol. The standard InChI is InChI=1S/C20H16F3N3O3S/c1-19(2)18(28)30(14-5-3-11(9-24)16(8-14)20(21,22)23)25-26(19)13-4-6-15-12(7-13)10-29-17(15)27/h3-8,25,30H,10H2,1-2H3. The third-order valence-corrected chi connectivity index (χ3v) is 7.25. The van der Waals surface area contributed by atoms with E-state index in [4.69, 9.17) is 10.00 Å². The van der Waals surface area contributed by atoms with Crippen LogP contribution in [0.1, 0.15) is 40.9 Å². The number of halogens is 3. The lowest BCUT2D eigenvalue weighted by Gasteiger charge is -2.30. The van der Waals surface area contributed by atoms with Gasteiger partial charge in [0.15, 0.2) is 0 Å². The number of esters is 1. The first kappa shape index (κ1) is 20.3. The van der Waals surface area contributed by atoms with Gasteiger partial charge < -0.3 is 4.74 Å². The van der Waals surface area contributed by atoms with Crippen molar-refractivity contribution in [3.05, 3.63) is 58.7 Å². The summed E-state index contributed by atoms with van der Waals surface area (Å²) in [7, 11) is 0. The van der Waals surface area contributed by atoms with Crippen LogP contribution in [-0.2, 0) is 22.3 Å². The topological polar surface area (TPSA) is 82.4 Å². The molecule has 1 atom stereocenters. The minimum absolute atomic E-state index is 0.129. The van der Waals surface area contributed by atoms with Crippen LogP contribution in [0.15, 0.2) is 41.3 Å². The molecule has 0 radical (unpaired) electrons. The van der Waals surface area contributed by atoms with Gasteiger partial charge in [-0.25, -0.2) is 4.79 Å².